The van der Waals surface area contributed by atoms with Gasteiger partial charge in [-0.25, -0.2) is 0 Å². The topological polar surface area (TPSA) is 84.9 Å². The van der Waals surface area contributed by atoms with Gasteiger partial charge in [-0.05, 0) is 56.7 Å². The van der Waals surface area contributed by atoms with Crippen molar-refractivity contribution in [2.24, 2.45) is 5.92 Å². The number of rotatable bonds is 8. The van der Waals surface area contributed by atoms with Gasteiger partial charge in [0.1, 0.15) is 0 Å². The molecule has 144 valence electrons. The summed E-state index contributed by atoms with van der Waals surface area (Å²) >= 11 is 0. The van der Waals surface area contributed by atoms with Gasteiger partial charge >= 0.3 is 5.97 Å². The third-order valence-electron chi connectivity index (χ3n) is 5.21. The SMILES string of the molecule is COc1ccc(C(=O)NC(C)(CC(=O)O)C(C)C)cc1OC1CCCC1. The lowest BCUT2D eigenvalue weighted by Gasteiger charge is -2.33. The Morgan fingerprint density at radius 1 is 1.27 bits per heavy atom. The van der Waals surface area contributed by atoms with E-state index in [4.69, 9.17) is 14.6 Å². The van der Waals surface area contributed by atoms with E-state index in [1.807, 2.05) is 13.8 Å². The lowest BCUT2D eigenvalue weighted by molar-refractivity contribution is -0.138. The minimum Gasteiger partial charge on any atom is -0.493 e. The molecule has 0 aromatic heterocycles. The number of methoxy groups -OCH3 is 1. The Bertz CT molecular complexity index is 652. The number of amides is 1. The highest BCUT2D eigenvalue weighted by atomic mass is 16.5. The number of carboxylic acids is 1. The van der Waals surface area contributed by atoms with Crippen LogP contribution < -0.4 is 14.8 Å². The van der Waals surface area contributed by atoms with Gasteiger partial charge in [0, 0.05) is 5.56 Å². The highest BCUT2D eigenvalue weighted by Gasteiger charge is 2.33. The maximum atomic E-state index is 12.7. The van der Waals surface area contributed by atoms with Crippen LogP contribution in [0.4, 0.5) is 0 Å². The van der Waals surface area contributed by atoms with Crippen LogP contribution in [0.1, 0.15) is 63.2 Å². The molecule has 1 aromatic rings. The van der Waals surface area contributed by atoms with Gasteiger partial charge in [0.05, 0.1) is 25.2 Å². The van der Waals surface area contributed by atoms with Crippen LogP contribution >= 0.6 is 0 Å². The van der Waals surface area contributed by atoms with E-state index in [-0.39, 0.29) is 24.3 Å². The van der Waals surface area contributed by atoms with Crippen molar-refractivity contribution in [1.82, 2.24) is 5.32 Å². The van der Waals surface area contributed by atoms with E-state index in [0.717, 1.165) is 25.7 Å². The first-order chi connectivity index (χ1) is 12.2. The van der Waals surface area contributed by atoms with E-state index in [1.54, 1.807) is 32.2 Å². The zero-order valence-electron chi connectivity index (χ0n) is 16.0. The van der Waals surface area contributed by atoms with Crippen molar-refractivity contribution in [2.45, 2.75) is 64.5 Å². The van der Waals surface area contributed by atoms with Crippen LogP contribution in [0.15, 0.2) is 18.2 Å². The third kappa shape index (κ3) is 4.90. The van der Waals surface area contributed by atoms with Gasteiger partial charge in [-0.2, -0.15) is 0 Å². The van der Waals surface area contributed by atoms with Crippen LogP contribution in [0.2, 0.25) is 0 Å². The number of benzene rings is 1. The zero-order chi connectivity index (χ0) is 19.3. The van der Waals surface area contributed by atoms with Gasteiger partial charge in [-0.3, -0.25) is 9.59 Å². The highest BCUT2D eigenvalue weighted by Crippen LogP contribution is 2.33. The minimum atomic E-state index is -0.943. The maximum Gasteiger partial charge on any atom is 0.305 e. The van der Waals surface area contributed by atoms with Crippen LogP contribution in [0, 0.1) is 5.92 Å². The van der Waals surface area contributed by atoms with Gasteiger partial charge in [-0.1, -0.05) is 13.8 Å². The number of hydrogen-bond acceptors (Lipinski definition) is 4. The predicted octanol–water partition coefficient (Wildman–Crippen LogP) is 3.64. The second-order valence-corrected chi connectivity index (χ2v) is 7.49. The Morgan fingerprint density at radius 3 is 2.46 bits per heavy atom. The van der Waals surface area contributed by atoms with Crippen LogP contribution in [-0.4, -0.2) is 35.7 Å². The number of carboxylic acid groups (broad SMARTS) is 1. The monoisotopic (exact) mass is 363 g/mol. The molecule has 1 aliphatic rings. The van der Waals surface area contributed by atoms with Crippen molar-refractivity contribution in [3.63, 3.8) is 0 Å². The summed E-state index contributed by atoms with van der Waals surface area (Å²) in [5.74, 6) is -0.153. The molecular weight excluding hydrogens is 334 g/mol. The predicted molar refractivity (Wildman–Crippen MR) is 98.8 cm³/mol. The van der Waals surface area contributed by atoms with Gasteiger partial charge in [0.2, 0.25) is 0 Å². The Morgan fingerprint density at radius 2 is 1.92 bits per heavy atom. The molecule has 26 heavy (non-hydrogen) atoms. The summed E-state index contributed by atoms with van der Waals surface area (Å²) in [6, 6.07) is 5.05. The molecule has 1 fully saturated rings. The second-order valence-electron chi connectivity index (χ2n) is 7.49. The molecule has 0 spiro atoms. The molecule has 1 aliphatic carbocycles. The quantitative estimate of drug-likeness (QED) is 0.737. The van der Waals surface area contributed by atoms with Crippen molar-refractivity contribution in [2.75, 3.05) is 7.11 Å². The van der Waals surface area contributed by atoms with E-state index in [2.05, 4.69) is 5.32 Å². The summed E-state index contributed by atoms with van der Waals surface area (Å²) < 4.78 is 11.4. The van der Waals surface area contributed by atoms with Crippen molar-refractivity contribution in [3.05, 3.63) is 23.8 Å². The highest BCUT2D eigenvalue weighted by molar-refractivity contribution is 5.95. The molecule has 0 aliphatic heterocycles. The van der Waals surface area contributed by atoms with E-state index in [0.29, 0.717) is 17.1 Å². The molecule has 1 amide bonds. The third-order valence-corrected chi connectivity index (χ3v) is 5.21. The fourth-order valence-corrected chi connectivity index (χ4v) is 3.13. The van der Waals surface area contributed by atoms with Crippen molar-refractivity contribution in [1.29, 1.82) is 0 Å². The first-order valence-corrected chi connectivity index (χ1v) is 9.14. The lowest BCUT2D eigenvalue weighted by atomic mass is 9.85. The molecule has 2 rings (SSSR count). The standard InChI is InChI=1S/C20H29NO5/c1-13(2)20(3,12-18(22)23)21-19(24)14-9-10-16(25-4)17(11-14)26-15-7-5-6-8-15/h9-11,13,15H,5-8,12H2,1-4H3,(H,21,24)(H,22,23). The Hall–Kier alpha value is -2.24. The molecule has 1 atom stereocenters. The number of hydrogen-bond donors (Lipinski definition) is 2. The smallest absolute Gasteiger partial charge is 0.305 e. The summed E-state index contributed by atoms with van der Waals surface area (Å²) in [5, 5.41) is 12.0. The molecule has 1 saturated carbocycles. The summed E-state index contributed by atoms with van der Waals surface area (Å²) in [6.07, 6.45) is 4.31. The summed E-state index contributed by atoms with van der Waals surface area (Å²) in [6.45, 7) is 5.54. The summed E-state index contributed by atoms with van der Waals surface area (Å²) in [4.78, 5) is 23.9. The van der Waals surface area contributed by atoms with Gasteiger partial charge in [-0.15, -0.1) is 0 Å². The van der Waals surface area contributed by atoms with Gasteiger partial charge in [0.25, 0.3) is 5.91 Å². The first kappa shape index (κ1) is 20.1. The Balaban J connectivity index is 2.20. The summed E-state index contributed by atoms with van der Waals surface area (Å²) in [5.41, 5.74) is -0.411. The average molecular weight is 363 g/mol. The fourth-order valence-electron chi connectivity index (χ4n) is 3.13. The number of carbonyl (C=O) groups excluding carboxylic acids is 1. The van der Waals surface area contributed by atoms with Crippen molar-refractivity contribution >= 4 is 11.9 Å². The largest absolute Gasteiger partial charge is 0.493 e. The van der Waals surface area contributed by atoms with Crippen LogP contribution in [-0.2, 0) is 4.79 Å². The molecule has 0 bridgehead atoms. The molecule has 0 heterocycles. The molecule has 1 unspecified atom stereocenters. The fraction of sp³-hybridized carbons (Fsp3) is 0.600. The number of carbonyl (C=O) groups is 2. The van der Waals surface area contributed by atoms with Gasteiger partial charge in [0.15, 0.2) is 11.5 Å². The van der Waals surface area contributed by atoms with Crippen LogP contribution in [0.5, 0.6) is 11.5 Å². The summed E-state index contributed by atoms with van der Waals surface area (Å²) in [7, 11) is 1.57. The molecule has 2 N–H and O–H groups in total. The van der Waals surface area contributed by atoms with E-state index < -0.39 is 11.5 Å². The molecule has 6 heteroatoms. The maximum absolute atomic E-state index is 12.7. The zero-order valence-corrected chi connectivity index (χ0v) is 16.0. The number of ether oxygens (including phenoxy) is 2. The van der Waals surface area contributed by atoms with Crippen LogP contribution in [0.25, 0.3) is 0 Å². The van der Waals surface area contributed by atoms with Gasteiger partial charge < -0.3 is 19.9 Å². The number of aliphatic carboxylic acids is 1. The van der Waals surface area contributed by atoms with E-state index in [1.165, 1.54) is 0 Å². The molecule has 1 aromatic carbocycles. The molecule has 0 radical (unpaired) electrons. The molecular formula is C20H29NO5. The second kappa shape index (κ2) is 8.43. The van der Waals surface area contributed by atoms with Crippen molar-refractivity contribution < 1.29 is 24.2 Å². The molecule has 6 nitrogen and oxygen atoms in total. The average Bonchev–Trinajstić information content (AvgIpc) is 3.06. The van der Waals surface area contributed by atoms with Crippen LogP contribution in [0.3, 0.4) is 0 Å². The van der Waals surface area contributed by atoms with E-state index in [9.17, 15) is 9.59 Å². The minimum absolute atomic E-state index is 0.0324. The lowest BCUT2D eigenvalue weighted by Crippen LogP contribution is -2.51. The normalized spacial score (nSPS) is 17.0. The Kier molecular flexibility index (Phi) is 6.51. The van der Waals surface area contributed by atoms with E-state index >= 15 is 0 Å². The Labute approximate surface area is 154 Å². The first-order valence-electron chi connectivity index (χ1n) is 9.14. The van der Waals surface area contributed by atoms with Crippen molar-refractivity contribution in [3.8, 4) is 11.5 Å². The number of nitrogens with one attached hydrogen (secondary N) is 1. The molecule has 0 saturated heterocycles.